The van der Waals surface area contributed by atoms with E-state index in [-0.39, 0.29) is 12.2 Å². The Hall–Kier alpha value is -1.76. The third-order valence-electron chi connectivity index (χ3n) is 3.27. The van der Waals surface area contributed by atoms with Crippen molar-refractivity contribution < 1.29 is 13.2 Å². The van der Waals surface area contributed by atoms with Crippen LogP contribution in [-0.4, -0.2) is 27.1 Å². The van der Waals surface area contributed by atoms with Gasteiger partial charge in [-0.15, -0.1) is 0 Å². The predicted molar refractivity (Wildman–Crippen MR) is 98.3 cm³/mol. The number of benzene rings is 2. The lowest BCUT2D eigenvalue weighted by Gasteiger charge is -2.19. The van der Waals surface area contributed by atoms with E-state index in [1.165, 1.54) is 25.2 Å². The summed E-state index contributed by atoms with van der Waals surface area (Å²) in [5.41, 5.74) is 0.964. The Kier molecular flexibility index (Phi) is 6.10. The zero-order valence-electron chi connectivity index (χ0n) is 12.9. The lowest BCUT2D eigenvalue weighted by Crippen LogP contribution is -2.30. The summed E-state index contributed by atoms with van der Waals surface area (Å²) >= 11 is 11.7. The van der Waals surface area contributed by atoms with E-state index in [4.69, 9.17) is 23.2 Å². The molecule has 0 saturated heterocycles. The molecule has 2 rings (SSSR count). The highest BCUT2D eigenvalue weighted by Gasteiger charge is 2.19. The van der Waals surface area contributed by atoms with Gasteiger partial charge in [-0.1, -0.05) is 41.4 Å². The van der Waals surface area contributed by atoms with E-state index in [0.717, 1.165) is 4.31 Å². The Morgan fingerprint density at radius 1 is 1.08 bits per heavy atom. The molecule has 0 aliphatic carbocycles. The van der Waals surface area contributed by atoms with Crippen LogP contribution in [0.25, 0.3) is 0 Å². The highest BCUT2D eigenvalue weighted by atomic mass is 35.5. The Morgan fingerprint density at radius 2 is 1.67 bits per heavy atom. The number of nitrogens with one attached hydrogen (secondary N) is 1. The fourth-order valence-corrected chi connectivity index (χ4v) is 3.69. The van der Waals surface area contributed by atoms with E-state index in [2.05, 4.69) is 5.32 Å². The van der Waals surface area contributed by atoms with Gasteiger partial charge in [-0.05, 0) is 30.3 Å². The van der Waals surface area contributed by atoms with Gasteiger partial charge in [0.05, 0.1) is 11.4 Å². The first-order valence-corrected chi connectivity index (χ1v) is 9.42. The first-order valence-electron chi connectivity index (χ1n) is 7.05. The molecular formula is C16H16Cl2N2O3S. The molecule has 2 aromatic carbocycles. The third-order valence-corrected chi connectivity index (χ3v) is 5.47. The maximum Gasteiger partial charge on any atom is 0.235 e. The van der Waals surface area contributed by atoms with Gasteiger partial charge in [0.2, 0.25) is 15.9 Å². The van der Waals surface area contributed by atoms with Gasteiger partial charge in [0.1, 0.15) is 0 Å². The lowest BCUT2D eigenvalue weighted by molar-refractivity contribution is -0.115. The van der Waals surface area contributed by atoms with Crippen molar-refractivity contribution in [1.29, 1.82) is 0 Å². The van der Waals surface area contributed by atoms with Crippen molar-refractivity contribution in [2.45, 2.75) is 6.42 Å². The molecule has 0 aromatic heterocycles. The van der Waals surface area contributed by atoms with Gasteiger partial charge in [-0.2, -0.15) is 0 Å². The van der Waals surface area contributed by atoms with Crippen LogP contribution in [0, 0.1) is 0 Å². The largest absolute Gasteiger partial charge is 0.326 e. The number of carbonyl (C=O) groups is 1. The van der Waals surface area contributed by atoms with Crippen molar-refractivity contribution in [2.24, 2.45) is 0 Å². The van der Waals surface area contributed by atoms with Gasteiger partial charge in [-0.25, -0.2) is 8.42 Å². The molecule has 0 aliphatic heterocycles. The summed E-state index contributed by atoms with van der Waals surface area (Å²) in [6.07, 6.45) is -0.177. The van der Waals surface area contributed by atoms with Gasteiger partial charge in [0.25, 0.3) is 0 Å². The van der Waals surface area contributed by atoms with Crippen LogP contribution in [0.3, 0.4) is 0 Å². The monoisotopic (exact) mass is 386 g/mol. The van der Waals surface area contributed by atoms with Crippen molar-refractivity contribution in [1.82, 2.24) is 0 Å². The van der Waals surface area contributed by atoms with Crippen LogP contribution < -0.4 is 9.62 Å². The van der Waals surface area contributed by atoms with Crippen LogP contribution in [0.4, 0.5) is 11.4 Å². The second-order valence-corrected chi connectivity index (χ2v) is 8.07. The molecule has 2 aromatic rings. The topological polar surface area (TPSA) is 66.5 Å². The van der Waals surface area contributed by atoms with Crippen LogP contribution in [0.1, 0.15) is 6.42 Å². The maximum atomic E-state index is 12.3. The minimum Gasteiger partial charge on any atom is -0.326 e. The molecule has 0 spiro atoms. The van der Waals surface area contributed by atoms with E-state index >= 15 is 0 Å². The number of amides is 1. The molecule has 0 radical (unpaired) electrons. The standard InChI is InChI=1S/C16H16Cl2N2O3S/c1-20(15-5-3-2-4-6-15)24(22,23)8-7-16(21)19-14-10-12(17)9-13(18)11-14/h2-6,9-11H,7-8H2,1H3,(H,19,21). The maximum absolute atomic E-state index is 12.3. The molecule has 5 nitrogen and oxygen atoms in total. The first kappa shape index (κ1) is 18.6. The van der Waals surface area contributed by atoms with Crippen LogP contribution in [0.5, 0.6) is 0 Å². The number of anilines is 2. The van der Waals surface area contributed by atoms with Gasteiger partial charge >= 0.3 is 0 Å². The Bertz CT molecular complexity index is 806. The number of rotatable bonds is 6. The smallest absolute Gasteiger partial charge is 0.235 e. The number of para-hydroxylation sites is 1. The molecule has 1 N–H and O–H groups in total. The van der Waals surface area contributed by atoms with E-state index < -0.39 is 15.9 Å². The van der Waals surface area contributed by atoms with Gasteiger partial charge in [-0.3, -0.25) is 9.10 Å². The van der Waals surface area contributed by atoms with Gasteiger partial charge in [0.15, 0.2) is 0 Å². The number of sulfonamides is 1. The molecule has 0 atom stereocenters. The molecule has 0 heterocycles. The molecule has 1 amide bonds. The summed E-state index contributed by atoms with van der Waals surface area (Å²) in [6, 6.07) is 13.3. The van der Waals surface area contributed by atoms with E-state index in [0.29, 0.717) is 21.4 Å². The number of nitrogens with zero attached hydrogens (tertiary/aromatic N) is 1. The first-order chi connectivity index (χ1) is 11.3. The van der Waals surface area contributed by atoms with Crippen LogP contribution >= 0.6 is 23.2 Å². The summed E-state index contributed by atoms with van der Waals surface area (Å²) in [5, 5.41) is 3.35. The summed E-state index contributed by atoms with van der Waals surface area (Å²) < 4.78 is 25.8. The number of hydrogen-bond acceptors (Lipinski definition) is 3. The molecule has 128 valence electrons. The van der Waals surface area contributed by atoms with Crippen molar-refractivity contribution in [3.8, 4) is 0 Å². The number of hydrogen-bond donors (Lipinski definition) is 1. The summed E-state index contributed by atoms with van der Waals surface area (Å²) in [5.74, 6) is -0.739. The van der Waals surface area contributed by atoms with E-state index in [9.17, 15) is 13.2 Å². The highest BCUT2D eigenvalue weighted by Crippen LogP contribution is 2.22. The average Bonchev–Trinajstić information content (AvgIpc) is 2.52. The second-order valence-electron chi connectivity index (χ2n) is 5.08. The van der Waals surface area contributed by atoms with Crippen molar-refractivity contribution >= 4 is 50.5 Å². The summed E-state index contributed by atoms with van der Waals surface area (Å²) in [6.45, 7) is 0. The fraction of sp³-hybridized carbons (Fsp3) is 0.188. The molecule has 0 saturated carbocycles. The van der Waals surface area contributed by atoms with Crippen molar-refractivity contribution in [3.63, 3.8) is 0 Å². The second kappa shape index (κ2) is 7.88. The normalized spacial score (nSPS) is 11.1. The zero-order valence-corrected chi connectivity index (χ0v) is 15.2. The van der Waals surface area contributed by atoms with Gasteiger partial charge in [0, 0.05) is 29.2 Å². The Balaban J connectivity index is 1.97. The van der Waals surface area contributed by atoms with Crippen LogP contribution in [0.2, 0.25) is 10.0 Å². The number of halogens is 2. The van der Waals surface area contributed by atoms with Gasteiger partial charge < -0.3 is 5.32 Å². The molecule has 0 unspecified atom stereocenters. The van der Waals surface area contributed by atoms with Crippen LogP contribution in [0.15, 0.2) is 48.5 Å². The molecular weight excluding hydrogens is 371 g/mol. The lowest BCUT2D eigenvalue weighted by atomic mass is 10.3. The summed E-state index contributed by atoms with van der Waals surface area (Å²) in [7, 11) is -2.14. The van der Waals surface area contributed by atoms with E-state index in [1.807, 2.05) is 0 Å². The zero-order chi connectivity index (χ0) is 17.7. The molecule has 0 aliphatic rings. The minimum atomic E-state index is -3.60. The minimum absolute atomic E-state index is 0.177. The van der Waals surface area contributed by atoms with Crippen LogP contribution in [-0.2, 0) is 14.8 Å². The molecule has 0 fully saturated rings. The fourth-order valence-electron chi connectivity index (χ4n) is 2.01. The summed E-state index contributed by atoms with van der Waals surface area (Å²) in [4.78, 5) is 12.0. The predicted octanol–water partition coefficient (Wildman–Crippen LogP) is 3.79. The van der Waals surface area contributed by atoms with Crippen molar-refractivity contribution in [3.05, 3.63) is 58.6 Å². The SMILES string of the molecule is CN(c1ccccc1)S(=O)(=O)CCC(=O)Nc1cc(Cl)cc(Cl)c1. The molecule has 8 heteroatoms. The average molecular weight is 387 g/mol. The Labute approximate surface area is 151 Å². The number of carbonyl (C=O) groups excluding carboxylic acids is 1. The molecule has 24 heavy (non-hydrogen) atoms. The third kappa shape index (κ3) is 5.12. The quantitative estimate of drug-likeness (QED) is 0.820. The highest BCUT2D eigenvalue weighted by molar-refractivity contribution is 7.92. The Morgan fingerprint density at radius 3 is 2.25 bits per heavy atom. The van der Waals surface area contributed by atoms with Crippen molar-refractivity contribution in [2.75, 3.05) is 22.4 Å². The molecule has 0 bridgehead atoms. The van der Waals surface area contributed by atoms with E-state index in [1.54, 1.807) is 30.3 Å².